The number of aryl methyl sites for hydroxylation is 1. The summed E-state index contributed by atoms with van der Waals surface area (Å²) in [6.45, 7) is 9.60. The van der Waals surface area contributed by atoms with Gasteiger partial charge in [-0.15, -0.1) is 0 Å². The van der Waals surface area contributed by atoms with Crippen LogP contribution >= 0.6 is 0 Å². The van der Waals surface area contributed by atoms with Gasteiger partial charge in [0, 0.05) is 38.3 Å². The van der Waals surface area contributed by atoms with Gasteiger partial charge in [0.2, 0.25) is 0 Å². The van der Waals surface area contributed by atoms with Gasteiger partial charge in [0.25, 0.3) is 0 Å². The van der Waals surface area contributed by atoms with Gasteiger partial charge in [0.05, 0.1) is 38.3 Å². The quantitative estimate of drug-likeness (QED) is 0.575. The summed E-state index contributed by atoms with van der Waals surface area (Å²) < 4.78 is 16.9. The van der Waals surface area contributed by atoms with Crippen LogP contribution in [-0.2, 0) is 9.47 Å². The van der Waals surface area contributed by atoms with Crippen LogP contribution in [0.1, 0.15) is 5.56 Å². The molecule has 4 heterocycles. The summed E-state index contributed by atoms with van der Waals surface area (Å²) in [5.74, 6) is 0.752. The van der Waals surface area contributed by atoms with Crippen LogP contribution in [-0.4, -0.2) is 90.6 Å². The Morgan fingerprint density at radius 1 is 0.969 bits per heavy atom. The van der Waals surface area contributed by atoms with Crippen LogP contribution in [0.25, 0.3) is 22.4 Å². The van der Waals surface area contributed by atoms with E-state index in [-0.39, 0.29) is 0 Å². The molecule has 0 bridgehead atoms. The highest BCUT2D eigenvalue weighted by molar-refractivity contribution is 5.85. The minimum absolute atomic E-state index is 0.338. The van der Waals surface area contributed by atoms with E-state index in [9.17, 15) is 0 Å². The highest BCUT2D eigenvalue weighted by Gasteiger charge is 2.21. The van der Waals surface area contributed by atoms with Crippen LogP contribution in [0.3, 0.4) is 0 Å². The molecular weight excluding hydrogens is 408 g/mol. The van der Waals surface area contributed by atoms with Crippen LogP contribution in [0.5, 0.6) is 6.01 Å². The number of hydrogen-bond acceptors (Lipinski definition) is 9. The molecule has 0 radical (unpaired) electrons. The zero-order valence-electron chi connectivity index (χ0n) is 18.4. The average Bonchev–Trinajstić information content (AvgIpc) is 2.84. The number of rotatable bonds is 6. The fraction of sp³-hybridized carbons (Fsp3) is 0.478. The maximum atomic E-state index is 5.95. The highest BCUT2D eigenvalue weighted by atomic mass is 16.5. The second-order valence-electron chi connectivity index (χ2n) is 8.03. The molecule has 5 rings (SSSR count). The Hall–Kier alpha value is -2.88. The smallest absolute Gasteiger partial charge is 0.320 e. The van der Waals surface area contributed by atoms with Crippen molar-refractivity contribution in [1.82, 2.24) is 24.8 Å². The van der Waals surface area contributed by atoms with Crippen molar-refractivity contribution in [3.63, 3.8) is 0 Å². The second kappa shape index (κ2) is 9.72. The first-order chi connectivity index (χ1) is 15.8. The van der Waals surface area contributed by atoms with Crippen molar-refractivity contribution in [1.29, 1.82) is 0 Å². The second-order valence-corrected chi connectivity index (χ2v) is 8.03. The van der Waals surface area contributed by atoms with Gasteiger partial charge in [-0.3, -0.25) is 4.90 Å². The molecule has 168 valence electrons. The Morgan fingerprint density at radius 2 is 1.75 bits per heavy atom. The van der Waals surface area contributed by atoms with E-state index < -0.39 is 0 Å². The summed E-state index contributed by atoms with van der Waals surface area (Å²) in [5.41, 5.74) is 4.24. The van der Waals surface area contributed by atoms with Gasteiger partial charge < -0.3 is 19.1 Å². The van der Waals surface area contributed by atoms with E-state index in [1.807, 2.05) is 12.1 Å². The van der Waals surface area contributed by atoms with Crippen molar-refractivity contribution in [2.45, 2.75) is 6.92 Å². The summed E-state index contributed by atoms with van der Waals surface area (Å²) in [6.07, 6.45) is 1.77. The molecule has 32 heavy (non-hydrogen) atoms. The van der Waals surface area contributed by atoms with Gasteiger partial charge in [-0.25, -0.2) is 9.97 Å². The number of aromatic nitrogens is 4. The third-order valence-corrected chi connectivity index (χ3v) is 5.73. The number of anilines is 1. The maximum absolute atomic E-state index is 5.95. The van der Waals surface area contributed by atoms with Gasteiger partial charge in [-0.05, 0) is 13.0 Å². The van der Waals surface area contributed by atoms with E-state index in [0.717, 1.165) is 63.0 Å². The molecule has 0 N–H and O–H groups in total. The molecule has 0 unspecified atom stereocenters. The molecular formula is C23H28N6O3. The first kappa shape index (κ1) is 21.0. The van der Waals surface area contributed by atoms with Gasteiger partial charge >= 0.3 is 6.01 Å². The highest BCUT2D eigenvalue weighted by Crippen LogP contribution is 2.27. The van der Waals surface area contributed by atoms with Gasteiger partial charge in [-0.1, -0.05) is 23.8 Å². The summed E-state index contributed by atoms with van der Waals surface area (Å²) in [5, 5.41) is 0. The molecule has 0 aliphatic carbocycles. The first-order valence-electron chi connectivity index (χ1n) is 11.1. The van der Waals surface area contributed by atoms with Crippen molar-refractivity contribution >= 4 is 17.0 Å². The van der Waals surface area contributed by atoms with Crippen molar-refractivity contribution in [3.05, 3.63) is 36.0 Å². The number of hydrogen-bond donors (Lipinski definition) is 0. The molecule has 0 spiro atoms. The monoisotopic (exact) mass is 436 g/mol. The summed E-state index contributed by atoms with van der Waals surface area (Å²) >= 11 is 0. The fourth-order valence-electron chi connectivity index (χ4n) is 3.97. The van der Waals surface area contributed by atoms with E-state index in [4.69, 9.17) is 24.2 Å². The third-order valence-electron chi connectivity index (χ3n) is 5.73. The van der Waals surface area contributed by atoms with Crippen LogP contribution < -0.4 is 9.64 Å². The standard InChI is InChI=1S/C23H28N6O3/c1-17-3-2-4-18(15-17)19-16-24-21-20(25-19)22(29-8-12-31-13-9-29)27-23(26-21)32-14-7-28-5-10-30-11-6-28/h2-4,15-16H,5-14H2,1H3. The lowest BCUT2D eigenvalue weighted by molar-refractivity contribution is 0.0317. The molecule has 0 atom stereocenters. The molecule has 2 aromatic heterocycles. The zero-order valence-corrected chi connectivity index (χ0v) is 18.4. The molecule has 9 heteroatoms. The van der Waals surface area contributed by atoms with Crippen LogP contribution in [0.15, 0.2) is 30.5 Å². The predicted octanol–water partition coefficient (Wildman–Crippen LogP) is 1.94. The number of nitrogens with zero attached hydrogens (tertiary/aromatic N) is 6. The maximum Gasteiger partial charge on any atom is 0.320 e. The molecule has 2 aliphatic rings. The zero-order chi connectivity index (χ0) is 21.8. The van der Waals surface area contributed by atoms with Crippen LogP contribution in [0.4, 0.5) is 5.82 Å². The largest absolute Gasteiger partial charge is 0.462 e. The molecule has 2 fully saturated rings. The summed E-state index contributed by atoms with van der Waals surface area (Å²) in [6, 6.07) is 8.59. The number of ether oxygens (including phenoxy) is 3. The average molecular weight is 437 g/mol. The lowest BCUT2D eigenvalue weighted by Gasteiger charge is -2.28. The third kappa shape index (κ3) is 4.79. The minimum atomic E-state index is 0.338. The Morgan fingerprint density at radius 3 is 2.53 bits per heavy atom. The van der Waals surface area contributed by atoms with Gasteiger partial charge in [-0.2, -0.15) is 9.97 Å². The van der Waals surface area contributed by atoms with Crippen molar-refractivity contribution in [2.24, 2.45) is 0 Å². The van der Waals surface area contributed by atoms with E-state index in [1.54, 1.807) is 6.20 Å². The van der Waals surface area contributed by atoms with Crippen LogP contribution in [0, 0.1) is 6.92 Å². The molecule has 1 aromatic carbocycles. The molecule has 2 aliphatic heterocycles. The van der Waals surface area contributed by atoms with Gasteiger partial charge in [0.15, 0.2) is 17.0 Å². The lowest BCUT2D eigenvalue weighted by atomic mass is 10.1. The van der Waals surface area contributed by atoms with E-state index in [2.05, 4.69) is 38.8 Å². The Balaban J connectivity index is 1.44. The molecule has 3 aromatic rings. The fourth-order valence-corrected chi connectivity index (χ4v) is 3.97. The first-order valence-corrected chi connectivity index (χ1v) is 11.1. The lowest BCUT2D eigenvalue weighted by Crippen LogP contribution is -2.39. The SMILES string of the molecule is Cc1cccc(-c2cnc3nc(OCCN4CCOCC4)nc(N4CCOCC4)c3n2)c1. The topological polar surface area (TPSA) is 85.7 Å². The Labute approximate surface area is 187 Å². The van der Waals surface area contributed by atoms with Crippen molar-refractivity contribution < 1.29 is 14.2 Å². The van der Waals surface area contributed by atoms with Crippen molar-refractivity contribution in [2.75, 3.05) is 70.7 Å². The number of morpholine rings is 2. The summed E-state index contributed by atoms with van der Waals surface area (Å²) in [7, 11) is 0. The summed E-state index contributed by atoms with van der Waals surface area (Å²) in [4.78, 5) is 23.3. The minimum Gasteiger partial charge on any atom is -0.462 e. The van der Waals surface area contributed by atoms with E-state index in [1.165, 1.54) is 5.56 Å². The normalized spacial score (nSPS) is 17.6. The molecule has 0 amide bonds. The number of benzene rings is 1. The van der Waals surface area contributed by atoms with Crippen molar-refractivity contribution in [3.8, 4) is 17.3 Å². The molecule has 0 saturated carbocycles. The Kier molecular flexibility index (Phi) is 6.38. The predicted molar refractivity (Wildman–Crippen MR) is 121 cm³/mol. The number of fused-ring (bicyclic) bond motifs is 1. The molecule has 9 nitrogen and oxygen atoms in total. The Bertz CT molecular complexity index is 1070. The van der Waals surface area contributed by atoms with Gasteiger partial charge in [0.1, 0.15) is 6.61 Å². The van der Waals surface area contributed by atoms with Crippen LogP contribution in [0.2, 0.25) is 0 Å². The molecule has 2 saturated heterocycles. The van der Waals surface area contributed by atoms with E-state index in [0.29, 0.717) is 37.0 Å². The van der Waals surface area contributed by atoms with E-state index >= 15 is 0 Å².